The Morgan fingerprint density at radius 1 is 1.00 bits per heavy atom. The largest absolute Gasteiger partial charge is 0.451 e. The molecule has 0 saturated carbocycles. The van der Waals surface area contributed by atoms with Crippen LogP contribution in [0.1, 0.15) is 23.9 Å². The van der Waals surface area contributed by atoms with Gasteiger partial charge in [0, 0.05) is 35.5 Å². The molecule has 28 heavy (non-hydrogen) atoms. The van der Waals surface area contributed by atoms with Gasteiger partial charge >= 0.3 is 0 Å². The van der Waals surface area contributed by atoms with Gasteiger partial charge in [-0.1, -0.05) is 13.0 Å². The number of carbonyl (C=O) groups is 2. The fraction of sp³-hybridized carbons (Fsp3) is 0.100. The molecule has 0 aliphatic heterocycles. The van der Waals surface area contributed by atoms with Gasteiger partial charge in [0.2, 0.25) is 5.91 Å². The molecule has 3 rings (SSSR count). The molecule has 1 heterocycles. The normalized spacial score (nSPS) is 10.3. The van der Waals surface area contributed by atoms with Crippen molar-refractivity contribution in [1.29, 1.82) is 0 Å². The number of nitro groups is 1. The lowest BCUT2D eigenvalue weighted by Crippen LogP contribution is -2.12. The van der Waals surface area contributed by atoms with Crippen LogP contribution >= 0.6 is 0 Å². The van der Waals surface area contributed by atoms with Crippen LogP contribution in [-0.4, -0.2) is 16.7 Å². The summed E-state index contributed by atoms with van der Waals surface area (Å²) < 4.78 is 5.56. The Hall–Kier alpha value is -3.94. The third kappa shape index (κ3) is 4.42. The van der Waals surface area contributed by atoms with Crippen LogP contribution in [0.5, 0.6) is 0 Å². The molecule has 0 radical (unpaired) electrons. The van der Waals surface area contributed by atoms with Crippen LogP contribution in [-0.2, 0) is 4.79 Å². The Labute approximate surface area is 160 Å². The number of rotatable bonds is 6. The van der Waals surface area contributed by atoms with E-state index in [0.29, 0.717) is 29.1 Å². The molecule has 0 fully saturated rings. The van der Waals surface area contributed by atoms with Crippen LogP contribution in [0.3, 0.4) is 0 Å². The average Bonchev–Trinajstić information content (AvgIpc) is 3.18. The minimum absolute atomic E-state index is 0.0247. The van der Waals surface area contributed by atoms with E-state index in [1.807, 2.05) is 0 Å². The molecule has 0 aliphatic carbocycles. The SMILES string of the molecule is CCC(=O)Nc1cccc(NC(=O)c2ccc(-c3ccc([N+](=O)[O-])cc3)o2)c1. The van der Waals surface area contributed by atoms with Gasteiger partial charge in [-0.3, -0.25) is 19.7 Å². The van der Waals surface area contributed by atoms with E-state index in [2.05, 4.69) is 10.6 Å². The van der Waals surface area contributed by atoms with Gasteiger partial charge in [0.1, 0.15) is 5.76 Å². The van der Waals surface area contributed by atoms with E-state index in [1.54, 1.807) is 49.4 Å². The van der Waals surface area contributed by atoms with Crippen LogP contribution in [0.2, 0.25) is 0 Å². The van der Waals surface area contributed by atoms with Gasteiger partial charge in [0.05, 0.1) is 4.92 Å². The second-order valence-corrected chi connectivity index (χ2v) is 5.90. The molecule has 142 valence electrons. The first-order chi connectivity index (χ1) is 13.5. The zero-order valence-corrected chi connectivity index (χ0v) is 15.0. The monoisotopic (exact) mass is 379 g/mol. The summed E-state index contributed by atoms with van der Waals surface area (Å²) in [5.41, 5.74) is 1.68. The maximum atomic E-state index is 12.4. The van der Waals surface area contributed by atoms with Crippen LogP contribution in [0.25, 0.3) is 11.3 Å². The Balaban J connectivity index is 1.71. The van der Waals surface area contributed by atoms with Gasteiger partial charge in [-0.25, -0.2) is 0 Å². The second kappa shape index (κ2) is 8.17. The summed E-state index contributed by atoms with van der Waals surface area (Å²) in [6, 6.07) is 15.8. The maximum Gasteiger partial charge on any atom is 0.291 e. The molecule has 2 amide bonds. The summed E-state index contributed by atoms with van der Waals surface area (Å²) in [5, 5.41) is 16.1. The van der Waals surface area contributed by atoms with E-state index in [0.717, 1.165) is 0 Å². The predicted octanol–water partition coefficient (Wildman–Crippen LogP) is 4.46. The summed E-state index contributed by atoms with van der Waals surface area (Å²) in [6.45, 7) is 1.75. The molecule has 0 spiro atoms. The first-order valence-electron chi connectivity index (χ1n) is 8.52. The lowest BCUT2D eigenvalue weighted by Gasteiger charge is -2.07. The fourth-order valence-corrected chi connectivity index (χ4v) is 2.48. The van der Waals surface area contributed by atoms with Crippen LogP contribution in [0, 0.1) is 10.1 Å². The predicted molar refractivity (Wildman–Crippen MR) is 104 cm³/mol. The number of benzene rings is 2. The molecule has 2 aromatic carbocycles. The second-order valence-electron chi connectivity index (χ2n) is 5.90. The molecular weight excluding hydrogens is 362 g/mol. The number of amides is 2. The van der Waals surface area contributed by atoms with E-state index in [1.165, 1.54) is 18.2 Å². The standard InChI is InChI=1S/C20H17N3O5/c1-2-19(24)21-14-4-3-5-15(12-14)22-20(25)18-11-10-17(28-18)13-6-8-16(9-7-13)23(26)27/h3-12H,2H2,1H3,(H,21,24)(H,22,25). The first-order valence-corrected chi connectivity index (χ1v) is 8.52. The van der Waals surface area contributed by atoms with E-state index >= 15 is 0 Å². The fourth-order valence-electron chi connectivity index (χ4n) is 2.48. The van der Waals surface area contributed by atoms with Crippen molar-refractivity contribution in [3.05, 3.63) is 76.5 Å². The molecule has 8 heteroatoms. The number of nitrogens with one attached hydrogen (secondary N) is 2. The highest BCUT2D eigenvalue weighted by molar-refractivity contribution is 6.03. The van der Waals surface area contributed by atoms with Crippen LogP contribution < -0.4 is 10.6 Å². The van der Waals surface area contributed by atoms with Gasteiger partial charge in [0.15, 0.2) is 5.76 Å². The Kier molecular flexibility index (Phi) is 5.50. The van der Waals surface area contributed by atoms with E-state index in [-0.39, 0.29) is 17.4 Å². The highest BCUT2D eigenvalue weighted by Gasteiger charge is 2.14. The lowest BCUT2D eigenvalue weighted by atomic mass is 10.1. The number of anilines is 2. The first kappa shape index (κ1) is 18.8. The Morgan fingerprint density at radius 2 is 1.68 bits per heavy atom. The van der Waals surface area contributed by atoms with Crippen molar-refractivity contribution < 1.29 is 18.9 Å². The molecular formula is C20H17N3O5. The molecule has 8 nitrogen and oxygen atoms in total. The molecule has 0 unspecified atom stereocenters. The smallest absolute Gasteiger partial charge is 0.291 e. The number of hydrogen-bond acceptors (Lipinski definition) is 5. The van der Waals surface area contributed by atoms with Crippen molar-refractivity contribution in [2.45, 2.75) is 13.3 Å². The topological polar surface area (TPSA) is 114 Å². The highest BCUT2D eigenvalue weighted by Crippen LogP contribution is 2.25. The Bertz CT molecular complexity index is 1020. The third-order valence-corrected chi connectivity index (χ3v) is 3.92. The molecule has 0 saturated heterocycles. The van der Waals surface area contributed by atoms with Crippen molar-refractivity contribution in [1.82, 2.24) is 0 Å². The molecule has 0 aliphatic rings. The van der Waals surface area contributed by atoms with Crippen molar-refractivity contribution in [2.75, 3.05) is 10.6 Å². The van der Waals surface area contributed by atoms with Crippen molar-refractivity contribution in [3.63, 3.8) is 0 Å². The average molecular weight is 379 g/mol. The van der Waals surface area contributed by atoms with Gasteiger partial charge < -0.3 is 15.1 Å². The number of nitrogens with zero attached hydrogens (tertiary/aromatic N) is 1. The van der Waals surface area contributed by atoms with Crippen molar-refractivity contribution in [2.24, 2.45) is 0 Å². The summed E-state index contributed by atoms with van der Waals surface area (Å²) in [4.78, 5) is 34.1. The summed E-state index contributed by atoms with van der Waals surface area (Å²) in [7, 11) is 0. The molecule has 3 aromatic rings. The summed E-state index contributed by atoms with van der Waals surface area (Å²) >= 11 is 0. The quantitative estimate of drug-likeness (QED) is 0.485. The van der Waals surface area contributed by atoms with E-state index in [4.69, 9.17) is 4.42 Å². The highest BCUT2D eigenvalue weighted by atomic mass is 16.6. The van der Waals surface area contributed by atoms with Gasteiger partial charge in [-0.2, -0.15) is 0 Å². The number of hydrogen-bond donors (Lipinski definition) is 2. The number of carbonyl (C=O) groups excluding carboxylic acids is 2. The van der Waals surface area contributed by atoms with Gasteiger partial charge in [-0.05, 0) is 42.5 Å². The minimum atomic E-state index is -0.484. The van der Waals surface area contributed by atoms with Crippen molar-refractivity contribution >= 4 is 28.9 Å². The van der Waals surface area contributed by atoms with Gasteiger partial charge in [-0.15, -0.1) is 0 Å². The van der Waals surface area contributed by atoms with Crippen LogP contribution in [0.15, 0.2) is 65.1 Å². The third-order valence-electron chi connectivity index (χ3n) is 3.92. The summed E-state index contributed by atoms with van der Waals surface area (Å²) in [5.74, 6) is -0.0604. The van der Waals surface area contributed by atoms with E-state index < -0.39 is 10.8 Å². The lowest BCUT2D eigenvalue weighted by molar-refractivity contribution is -0.384. The zero-order valence-electron chi connectivity index (χ0n) is 15.0. The zero-order chi connectivity index (χ0) is 20.1. The number of nitro benzene ring substituents is 1. The Morgan fingerprint density at radius 3 is 2.32 bits per heavy atom. The number of non-ortho nitro benzene ring substituents is 1. The molecule has 0 atom stereocenters. The minimum Gasteiger partial charge on any atom is -0.451 e. The van der Waals surface area contributed by atoms with Crippen molar-refractivity contribution in [3.8, 4) is 11.3 Å². The molecule has 1 aromatic heterocycles. The van der Waals surface area contributed by atoms with E-state index in [9.17, 15) is 19.7 Å². The molecule has 2 N–H and O–H groups in total. The number of furan rings is 1. The van der Waals surface area contributed by atoms with Crippen LogP contribution in [0.4, 0.5) is 17.1 Å². The maximum absolute atomic E-state index is 12.4. The molecule has 0 bridgehead atoms. The summed E-state index contributed by atoms with van der Waals surface area (Å²) in [6.07, 6.45) is 0.356. The van der Waals surface area contributed by atoms with Gasteiger partial charge in [0.25, 0.3) is 11.6 Å².